The summed E-state index contributed by atoms with van der Waals surface area (Å²) in [6.07, 6.45) is 4.57. The van der Waals surface area contributed by atoms with Crippen LogP contribution in [0.25, 0.3) is 0 Å². The molecular formula is C15H26FN3. The topological polar surface area (TPSA) is 30.7 Å². The Morgan fingerprint density at radius 3 is 2.47 bits per heavy atom. The molecule has 0 spiro atoms. The Hall–Kier alpha value is -0.930. The summed E-state index contributed by atoms with van der Waals surface area (Å²) in [6, 6.07) is 0.236. The fourth-order valence-electron chi connectivity index (χ4n) is 2.96. The highest BCUT2D eigenvalue weighted by molar-refractivity contribution is 5.23. The minimum absolute atomic E-state index is 0.236. The predicted molar refractivity (Wildman–Crippen MR) is 74.8 cm³/mol. The second-order valence-corrected chi connectivity index (χ2v) is 7.03. The lowest BCUT2D eigenvalue weighted by Gasteiger charge is -2.38. The summed E-state index contributed by atoms with van der Waals surface area (Å²) < 4.78 is 17.6. The van der Waals surface area contributed by atoms with Gasteiger partial charge in [0.05, 0.1) is 5.69 Å². The first-order valence-corrected chi connectivity index (χ1v) is 7.41. The van der Waals surface area contributed by atoms with E-state index >= 15 is 4.39 Å². The maximum atomic E-state index is 15.7. The maximum Gasteiger partial charge on any atom is 0.161 e. The lowest BCUT2D eigenvalue weighted by Crippen LogP contribution is -2.38. The fraction of sp³-hybridized carbons (Fsp3) is 0.867. The largest absolute Gasteiger partial charge is 0.247 e. The number of alkyl halides is 1. The van der Waals surface area contributed by atoms with Crippen molar-refractivity contribution >= 4 is 0 Å². The molecule has 0 bridgehead atoms. The quantitative estimate of drug-likeness (QED) is 0.764. The van der Waals surface area contributed by atoms with Crippen LogP contribution in [0.2, 0.25) is 0 Å². The van der Waals surface area contributed by atoms with Gasteiger partial charge in [-0.2, -0.15) is 0 Å². The van der Waals surface area contributed by atoms with Crippen LogP contribution in [0.5, 0.6) is 0 Å². The molecule has 0 fully saturated rings. The fourth-order valence-corrected chi connectivity index (χ4v) is 2.96. The molecule has 0 saturated carbocycles. The summed E-state index contributed by atoms with van der Waals surface area (Å²) in [5, 5.41) is 8.45. The molecule has 1 aromatic rings. The van der Waals surface area contributed by atoms with Gasteiger partial charge in [-0.05, 0) is 39.5 Å². The van der Waals surface area contributed by atoms with E-state index in [2.05, 4.69) is 24.2 Å². The zero-order chi connectivity index (χ0) is 14.3. The van der Waals surface area contributed by atoms with Crippen LogP contribution < -0.4 is 0 Å². The van der Waals surface area contributed by atoms with E-state index in [1.807, 2.05) is 25.5 Å². The normalized spacial score (nSPS) is 25.0. The minimum atomic E-state index is -1.37. The average molecular weight is 267 g/mol. The van der Waals surface area contributed by atoms with Crippen molar-refractivity contribution in [2.24, 2.45) is 5.41 Å². The van der Waals surface area contributed by atoms with Gasteiger partial charge < -0.3 is 0 Å². The highest BCUT2D eigenvalue weighted by Gasteiger charge is 2.48. The highest BCUT2D eigenvalue weighted by Crippen LogP contribution is 2.48. The molecule has 0 saturated heterocycles. The smallest absolute Gasteiger partial charge is 0.161 e. The highest BCUT2D eigenvalue weighted by atomic mass is 19.1. The van der Waals surface area contributed by atoms with Crippen LogP contribution in [-0.4, -0.2) is 15.0 Å². The van der Waals surface area contributed by atoms with E-state index in [-0.39, 0.29) is 6.04 Å². The Kier molecular flexibility index (Phi) is 3.72. The van der Waals surface area contributed by atoms with Crippen LogP contribution in [0.15, 0.2) is 0 Å². The molecule has 1 aliphatic carbocycles. The molecule has 2 rings (SSSR count). The maximum absolute atomic E-state index is 15.7. The van der Waals surface area contributed by atoms with Gasteiger partial charge in [-0.3, -0.25) is 0 Å². The predicted octanol–water partition coefficient (Wildman–Crippen LogP) is 4.19. The van der Waals surface area contributed by atoms with Crippen molar-refractivity contribution in [1.29, 1.82) is 0 Å². The van der Waals surface area contributed by atoms with Crippen molar-refractivity contribution in [2.45, 2.75) is 78.4 Å². The molecule has 1 unspecified atom stereocenters. The van der Waals surface area contributed by atoms with E-state index in [9.17, 15) is 0 Å². The molecule has 0 N–H and O–H groups in total. The van der Waals surface area contributed by atoms with Gasteiger partial charge in [0, 0.05) is 11.5 Å². The number of hydrogen-bond donors (Lipinski definition) is 0. The number of nitrogens with zero attached hydrogens (tertiary/aromatic N) is 3. The molecule has 0 aromatic carbocycles. The molecule has 3 nitrogen and oxygen atoms in total. The first-order valence-electron chi connectivity index (χ1n) is 7.41. The van der Waals surface area contributed by atoms with Gasteiger partial charge in [0.2, 0.25) is 0 Å². The third-order valence-corrected chi connectivity index (χ3v) is 4.28. The number of aromatic nitrogens is 3. The van der Waals surface area contributed by atoms with Gasteiger partial charge >= 0.3 is 0 Å². The summed E-state index contributed by atoms with van der Waals surface area (Å²) in [7, 11) is 0. The van der Waals surface area contributed by atoms with Crippen LogP contribution in [0.4, 0.5) is 4.39 Å². The standard InChI is InChI=1S/C15H26FN3/c1-11(2)19-12-9-7-6-8-10-15(16,14(3,4)5)13(12)17-18-19/h11H,6-10H2,1-5H3. The molecule has 1 atom stereocenters. The van der Waals surface area contributed by atoms with Gasteiger partial charge in [0.1, 0.15) is 5.69 Å². The Labute approximate surface area is 115 Å². The van der Waals surface area contributed by atoms with Gasteiger partial charge in [-0.1, -0.05) is 32.4 Å². The monoisotopic (exact) mass is 267 g/mol. The lowest BCUT2D eigenvalue weighted by atomic mass is 9.71. The summed E-state index contributed by atoms with van der Waals surface area (Å²) in [6.45, 7) is 10.0. The van der Waals surface area contributed by atoms with E-state index in [4.69, 9.17) is 0 Å². The van der Waals surface area contributed by atoms with E-state index in [1.165, 1.54) is 0 Å². The summed E-state index contributed by atoms with van der Waals surface area (Å²) in [4.78, 5) is 0. The van der Waals surface area contributed by atoms with Gasteiger partial charge in [-0.15, -0.1) is 5.10 Å². The van der Waals surface area contributed by atoms with Crippen LogP contribution in [0.3, 0.4) is 0 Å². The molecule has 1 heterocycles. The minimum Gasteiger partial charge on any atom is -0.247 e. The first-order chi connectivity index (χ1) is 8.77. The SMILES string of the molecule is CC(C)n1nnc2c1CCCCCC2(F)C(C)(C)C. The molecule has 0 aliphatic heterocycles. The average Bonchev–Trinajstić information content (AvgIpc) is 2.67. The molecule has 0 radical (unpaired) electrons. The second kappa shape index (κ2) is 4.88. The van der Waals surface area contributed by atoms with Crippen molar-refractivity contribution < 1.29 is 4.39 Å². The zero-order valence-corrected chi connectivity index (χ0v) is 12.8. The van der Waals surface area contributed by atoms with Gasteiger partial charge in [0.25, 0.3) is 0 Å². The summed E-state index contributed by atoms with van der Waals surface area (Å²) in [5.41, 5.74) is -0.215. The van der Waals surface area contributed by atoms with E-state index in [0.29, 0.717) is 12.1 Å². The third kappa shape index (κ3) is 2.41. The van der Waals surface area contributed by atoms with E-state index in [0.717, 1.165) is 31.4 Å². The molecule has 108 valence electrons. The van der Waals surface area contributed by atoms with Crippen LogP contribution in [-0.2, 0) is 12.1 Å². The van der Waals surface area contributed by atoms with Crippen molar-refractivity contribution in [3.63, 3.8) is 0 Å². The van der Waals surface area contributed by atoms with Crippen molar-refractivity contribution in [3.8, 4) is 0 Å². The van der Waals surface area contributed by atoms with Crippen molar-refractivity contribution in [3.05, 3.63) is 11.4 Å². The third-order valence-electron chi connectivity index (χ3n) is 4.28. The molecule has 4 heteroatoms. The van der Waals surface area contributed by atoms with Crippen LogP contribution in [0, 0.1) is 5.41 Å². The van der Waals surface area contributed by atoms with Crippen molar-refractivity contribution in [1.82, 2.24) is 15.0 Å². The molecule has 19 heavy (non-hydrogen) atoms. The van der Waals surface area contributed by atoms with Crippen LogP contribution >= 0.6 is 0 Å². The van der Waals surface area contributed by atoms with E-state index in [1.54, 1.807) is 0 Å². The Balaban J connectivity index is 2.56. The second-order valence-electron chi connectivity index (χ2n) is 7.03. The van der Waals surface area contributed by atoms with E-state index < -0.39 is 11.1 Å². The van der Waals surface area contributed by atoms with Crippen molar-refractivity contribution in [2.75, 3.05) is 0 Å². The zero-order valence-electron chi connectivity index (χ0n) is 12.8. The first kappa shape index (κ1) is 14.5. The van der Waals surface area contributed by atoms with Gasteiger partial charge in [-0.25, -0.2) is 9.07 Å². The Morgan fingerprint density at radius 2 is 1.89 bits per heavy atom. The lowest BCUT2D eigenvalue weighted by molar-refractivity contribution is 0.00678. The molecular weight excluding hydrogens is 241 g/mol. The summed E-state index contributed by atoms with van der Waals surface area (Å²) in [5.74, 6) is 0. The molecule has 0 amide bonds. The molecule has 1 aliphatic rings. The number of rotatable bonds is 1. The van der Waals surface area contributed by atoms with Crippen LogP contribution in [0.1, 0.15) is 77.7 Å². The number of fused-ring (bicyclic) bond motifs is 1. The number of hydrogen-bond acceptors (Lipinski definition) is 2. The molecule has 1 aromatic heterocycles. The Bertz CT molecular complexity index is 445. The number of halogens is 1. The Morgan fingerprint density at radius 1 is 1.21 bits per heavy atom. The van der Waals surface area contributed by atoms with Gasteiger partial charge in [0.15, 0.2) is 5.67 Å². The summed E-state index contributed by atoms with van der Waals surface area (Å²) >= 11 is 0.